The molecule has 104 valence electrons. The fourth-order valence-electron chi connectivity index (χ4n) is 2.77. The smallest absolute Gasteiger partial charge is 0.112 e. The molecule has 0 saturated heterocycles. The van der Waals surface area contributed by atoms with E-state index in [4.69, 9.17) is 16.6 Å². The zero-order valence-corrected chi connectivity index (χ0v) is 12.7. The van der Waals surface area contributed by atoms with Crippen LogP contribution in [0.5, 0.6) is 0 Å². The first-order valence-electron chi connectivity index (χ1n) is 7.16. The number of benzene rings is 2. The van der Waals surface area contributed by atoms with Crippen molar-refractivity contribution in [1.29, 1.82) is 0 Å². The number of rotatable bonds is 4. The Bertz CT molecular complexity index is 743. The van der Waals surface area contributed by atoms with Gasteiger partial charge in [0.2, 0.25) is 0 Å². The monoisotopic (exact) mass is 286 g/mol. The summed E-state index contributed by atoms with van der Waals surface area (Å²) in [6.07, 6.45) is 0.972. The summed E-state index contributed by atoms with van der Waals surface area (Å²) in [5, 5.41) is 2.48. The number of hydrogen-bond donors (Lipinski definition) is 0. The van der Waals surface area contributed by atoms with Gasteiger partial charge in [0, 0.05) is 23.7 Å². The Morgan fingerprint density at radius 1 is 1.15 bits per heavy atom. The number of hydrogen-bond acceptors (Lipinski definition) is 1. The van der Waals surface area contributed by atoms with Gasteiger partial charge < -0.3 is 4.57 Å². The van der Waals surface area contributed by atoms with Crippen LogP contribution in [0.25, 0.3) is 21.8 Å². The van der Waals surface area contributed by atoms with Crippen LogP contribution in [0.2, 0.25) is 0 Å². The molecular formula is C17H19ClN2. The fraction of sp³-hybridized carbons (Fsp3) is 0.353. The second kappa shape index (κ2) is 5.45. The summed E-state index contributed by atoms with van der Waals surface area (Å²) >= 11 is 5.86. The van der Waals surface area contributed by atoms with Crippen molar-refractivity contribution in [2.45, 2.75) is 32.7 Å². The first-order valence-corrected chi connectivity index (χ1v) is 7.69. The molecule has 0 aliphatic rings. The molecule has 0 saturated carbocycles. The Kier molecular flexibility index (Phi) is 3.66. The minimum Gasteiger partial charge on any atom is -0.328 e. The van der Waals surface area contributed by atoms with Crippen LogP contribution in [0, 0.1) is 0 Å². The lowest BCUT2D eigenvalue weighted by molar-refractivity contribution is 0.626. The molecule has 0 radical (unpaired) electrons. The van der Waals surface area contributed by atoms with E-state index in [1.165, 1.54) is 16.3 Å². The average molecular weight is 287 g/mol. The normalized spacial score (nSPS) is 11.8. The van der Waals surface area contributed by atoms with Crippen molar-refractivity contribution in [2.75, 3.05) is 5.88 Å². The molecule has 0 aliphatic carbocycles. The minimum atomic E-state index is 0.413. The maximum Gasteiger partial charge on any atom is 0.112 e. The van der Waals surface area contributed by atoms with Gasteiger partial charge in [-0.05, 0) is 17.9 Å². The van der Waals surface area contributed by atoms with Gasteiger partial charge in [-0.25, -0.2) is 4.98 Å². The van der Waals surface area contributed by atoms with Gasteiger partial charge in [-0.1, -0.05) is 44.2 Å². The SMILES string of the molecule is CC(C)c1nc2c3ccccc3ccc2n1CCCCl. The van der Waals surface area contributed by atoms with Crippen LogP contribution in [0.4, 0.5) is 0 Å². The van der Waals surface area contributed by atoms with Gasteiger partial charge in [-0.3, -0.25) is 0 Å². The zero-order chi connectivity index (χ0) is 14.1. The molecule has 0 fully saturated rings. The third-order valence-corrected chi connectivity index (χ3v) is 3.97. The molecule has 0 bridgehead atoms. The number of aryl methyl sites for hydroxylation is 1. The number of alkyl halides is 1. The first-order chi connectivity index (χ1) is 9.72. The molecule has 0 atom stereocenters. The first kappa shape index (κ1) is 13.4. The zero-order valence-electron chi connectivity index (χ0n) is 11.9. The molecule has 2 aromatic carbocycles. The van der Waals surface area contributed by atoms with E-state index in [0.717, 1.165) is 24.3 Å². The van der Waals surface area contributed by atoms with Gasteiger partial charge in [-0.2, -0.15) is 0 Å². The molecule has 0 N–H and O–H groups in total. The van der Waals surface area contributed by atoms with Gasteiger partial charge >= 0.3 is 0 Å². The molecule has 20 heavy (non-hydrogen) atoms. The molecule has 0 unspecified atom stereocenters. The Morgan fingerprint density at radius 3 is 2.70 bits per heavy atom. The molecule has 1 heterocycles. The van der Waals surface area contributed by atoms with Crippen molar-refractivity contribution >= 4 is 33.4 Å². The van der Waals surface area contributed by atoms with Crippen LogP contribution in [-0.2, 0) is 6.54 Å². The van der Waals surface area contributed by atoms with Crippen molar-refractivity contribution in [3.8, 4) is 0 Å². The molecule has 3 heteroatoms. The number of aromatic nitrogens is 2. The summed E-state index contributed by atoms with van der Waals surface area (Å²) in [5.74, 6) is 2.25. The minimum absolute atomic E-state index is 0.413. The third-order valence-electron chi connectivity index (χ3n) is 3.70. The number of imidazole rings is 1. The summed E-state index contributed by atoms with van der Waals surface area (Å²) < 4.78 is 2.33. The van der Waals surface area contributed by atoms with Gasteiger partial charge in [0.05, 0.1) is 11.0 Å². The molecular weight excluding hydrogens is 268 g/mol. The maximum atomic E-state index is 5.86. The quantitative estimate of drug-likeness (QED) is 0.621. The van der Waals surface area contributed by atoms with E-state index in [1.807, 2.05) is 0 Å². The van der Waals surface area contributed by atoms with Crippen LogP contribution < -0.4 is 0 Å². The Labute approximate surface area is 124 Å². The second-order valence-corrected chi connectivity index (χ2v) is 5.85. The number of fused-ring (bicyclic) bond motifs is 3. The summed E-state index contributed by atoms with van der Waals surface area (Å²) in [5.41, 5.74) is 2.33. The highest BCUT2D eigenvalue weighted by Gasteiger charge is 2.14. The number of halogens is 1. The van der Waals surface area contributed by atoms with Crippen LogP contribution in [0.15, 0.2) is 36.4 Å². The maximum absolute atomic E-state index is 5.86. The van der Waals surface area contributed by atoms with Crippen molar-refractivity contribution in [3.63, 3.8) is 0 Å². The average Bonchev–Trinajstić information content (AvgIpc) is 2.84. The standard InChI is InChI=1S/C17H19ClN2/c1-12(2)17-19-16-14-7-4-3-6-13(14)8-9-15(16)20(17)11-5-10-18/h3-4,6-9,12H,5,10-11H2,1-2H3. The van der Waals surface area contributed by atoms with Crippen LogP contribution in [0.3, 0.4) is 0 Å². The topological polar surface area (TPSA) is 17.8 Å². The predicted octanol–water partition coefficient (Wildman–Crippen LogP) is 4.94. The highest BCUT2D eigenvalue weighted by atomic mass is 35.5. The van der Waals surface area contributed by atoms with E-state index >= 15 is 0 Å². The van der Waals surface area contributed by atoms with Gasteiger partial charge in [0.25, 0.3) is 0 Å². The van der Waals surface area contributed by atoms with E-state index < -0.39 is 0 Å². The molecule has 3 aromatic rings. The van der Waals surface area contributed by atoms with Gasteiger partial charge in [-0.15, -0.1) is 11.6 Å². The summed E-state index contributed by atoms with van der Waals surface area (Å²) in [6.45, 7) is 5.33. The summed E-state index contributed by atoms with van der Waals surface area (Å²) in [4.78, 5) is 4.91. The molecule has 0 aliphatic heterocycles. The summed E-state index contributed by atoms with van der Waals surface area (Å²) in [7, 11) is 0. The van der Waals surface area contributed by atoms with Gasteiger partial charge in [0.1, 0.15) is 5.82 Å². The third kappa shape index (κ3) is 2.18. The lowest BCUT2D eigenvalue weighted by Gasteiger charge is -2.10. The second-order valence-electron chi connectivity index (χ2n) is 5.47. The number of nitrogens with zero attached hydrogens (tertiary/aromatic N) is 2. The van der Waals surface area contributed by atoms with E-state index in [1.54, 1.807) is 0 Å². The molecule has 0 spiro atoms. The van der Waals surface area contributed by atoms with Crippen LogP contribution in [0.1, 0.15) is 32.0 Å². The molecule has 1 aromatic heterocycles. The molecule has 2 nitrogen and oxygen atoms in total. The Morgan fingerprint density at radius 2 is 1.95 bits per heavy atom. The van der Waals surface area contributed by atoms with E-state index in [9.17, 15) is 0 Å². The van der Waals surface area contributed by atoms with E-state index in [0.29, 0.717) is 11.8 Å². The highest BCUT2D eigenvalue weighted by molar-refractivity contribution is 6.17. The van der Waals surface area contributed by atoms with Crippen LogP contribution in [-0.4, -0.2) is 15.4 Å². The lowest BCUT2D eigenvalue weighted by Crippen LogP contribution is -2.05. The van der Waals surface area contributed by atoms with Crippen molar-refractivity contribution in [2.24, 2.45) is 0 Å². The molecule has 3 rings (SSSR count). The van der Waals surface area contributed by atoms with Crippen LogP contribution >= 0.6 is 11.6 Å². The Hall–Kier alpha value is -1.54. The van der Waals surface area contributed by atoms with E-state index in [2.05, 4.69) is 54.8 Å². The van der Waals surface area contributed by atoms with Crippen molar-refractivity contribution in [3.05, 3.63) is 42.2 Å². The summed E-state index contributed by atoms with van der Waals surface area (Å²) in [6, 6.07) is 12.8. The largest absolute Gasteiger partial charge is 0.328 e. The van der Waals surface area contributed by atoms with Crippen molar-refractivity contribution in [1.82, 2.24) is 9.55 Å². The highest BCUT2D eigenvalue weighted by Crippen LogP contribution is 2.28. The van der Waals surface area contributed by atoms with Crippen molar-refractivity contribution < 1.29 is 0 Å². The molecule has 0 amide bonds. The fourth-order valence-corrected chi connectivity index (χ4v) is 2.89. The van der Waals surface area contributed by atoms with Gasteiger partial charge in [0.15, 0.2) is 0 Å². The Balaban J connectivity index is 2.29. The predicted molar refractivity (Wildman–Crippen MR) is 86.7 cm³/mol. The lowest BCUT2D eigenvalue weighted by atomic mass is 10.1. The van der Waals surface area contributed by atoms with E-state index in [-0.39, 0.29) is 0 Å².